The van der Waals surface area contributed by atoms with Gasteiger partial charge < -0.3 is 10.4 Å². The molecule has 3 aromatic rings. The fraction of sp³-hybridized carbons (Fsp3) is 0.273. The molecule has 0 aliphatic rings. The molecule has 0 aliphatic heterocycles. The second-order valence-electron chi connectivity index (χ2n) is 6.56. The molecule has 0 aliphatic carbocycles. The lowest BCUT2D eigenvalue weighted by molar-refractivity contribution is -0.116. The van der Waals surface area contributed by atoms with Crippen molar-refractivity contribution in [3.8, 4) is 11.3 Å². The predicted octanol–water partition coefficient (Wildman–Crippen LogP) is 5.98. The molecule has 1 heterocycles. The molecular formula is C22H23BrN2O2S. The fourth-order valence-corrected chi connectivity index (χ4v) is 4.29. The predicted molar refractivity (Wildman–Crippen MR) is 119 cm³/mol. The molecule has 0 saturated carbocycles. The van der Waals surface area contributed by atoms with E-state index in [1.54, 1.807) is 0 Å². The lowest BCUT2D eigenvalue weighted by atomic mass is 10.1. The van der Waals surface area contributed by atoms with E-state index in [9.17, 15) is 9.90 Å². The van der Waals surface area contributed by atoms with E-state index in [1.807, 2.05) is 54.6 Å². The van der Waals surface area contributed by atoms with Gasteiger partial charge in [0.25, 0.3) is 0 Å². The van der Waals surface area contributed by atoms with Gasteiger partial charge in [-0.25, -0.2) is 4.98 Å². The van der Waals surface area contributed by atoms with Gasteiger partial charge in [-0.15, -0.1) is 11.3 Å². The second kappa shape index (κ2) is 9.96. The highest BCUT2D eigenvalue weighted by Crippen LogP contribution is 2.33. The fourth-order valence-electron chi connectivity index (χ4n) is 2.93. The SMILES string of the molecule is CCCc1sc(NC(=O)CC[C@H](O)c2ccccc2)nc1-c1ccc(Br)cc1. The minimum atomic E-state index is -0.641. The van der Waals surface area contributed by atoms with Crippen LogP contribution in [0.15, 0.2) is 59.1 Å². The van der Waals surface area contributed by atoms with Crippen LogP contribution >= 0.6 is 27.3 Å². The Hall–Kier alpha value is -2.02. The van der Waals surface area contributed by atoms with Crippen molar-refractivity contribution in [3.63, 3.8) is 0 Å². The molecule has 2 aromatic carbocycles. The van der Waals surface area contributed by atoms with E-state index in [1.165, 1.54) is 16.2 Å². The maximum atomic E-state index is 12.3. The van der Waals surface area contributed by atoms with Crippen LogP contribution in [0.5, 0.6) is 0 Å². The van der Waals surface area contributed by atoms with Crippen LogP contribution in [-0.2, 0) is 11.2 Å². The molecule has 0 fully saturated rings. The second-order valence-corrected chi connectivity index (χ2v) is 8.56. The van der Waals surface area contributed by atoms with Gasteiger partial charge >= 0.3 is 0 Å². The first-order valence-corrected chi connectivity index (χ1v) is 11.0. The van der Waals surface area contributed by atoms with Crippen molar-refractivity contribution in [1.82, 2.24) is 4.98 Å². The summed E-state index contributed by atoms with van der Waals surface area (Å²) in [5.41, 5.74) is 2.80. The molecule has 4 nitrogen and oxygen atoms in total. The molecule has 146 valence electrons. The Morgan fingerprint density at radius 1 is 1.18 bits per heavy atom. The molecule has 0 bridgehead atoms. The van der Waals surface area contributed by atoms with Crippen molar-refractivity contribution in [2.24, 2.45) is 0 Å². The maximum absolute atomic E-state index is 12.3. The van der Waals surface area contributed by atoms with Gasteiger partial charge in [0.05, 0.1) is 11.8 Å². The van der Waals surface area contributed by atoms with E-state index >= 15 is 0 Å². The first-order valence-electron chi connectivity index (χ1n) is 9.35. The van der Waals surface area contributed by atoms with Gasteiger partial charge in [0, 0.05) is 21.3 Å². The maximum Gasteiger partial charge on any atom is 0.226 e. The van der Waals surface area contributed by atoms with Crippen molar-refractivity contribution < 1.29 is 9.90 Å². The monoisotopic (exact) mass is 458 g/mol. The first kappa shape index (κ1) is 20.7. The number of carbonyl (C=O) groups excluding carboxylic acids is 1. The summed E-state index contributed by atoms with van der Waals surface area (Å²) in [5, 5.41) is 13.7. The van der Waals surface area contributed by atoms with Crippen LogP contribution in [0.2, 0.25) is 0 Å². The number of nitrogens with one attached hydrogen (secondary N) is 1. The summed E-state index contributed by atoms with van der Waals surface area (Å²) in [6.45, 7) is 2.13. The third-order valence-electron chi connectivity index (χ3n) is 4.37. The van der Waals surface area contributed by atoms with E-state index in [0.717, 1.165) is 34.1 Å². The summed E-state index contributed by atoms with van der Waals surface area (Å²) in [6, 6.07) is 17.4. The summed E-state index contributed by atoms with van der Waals surface area (Å²) in [4.78, 5) is 18.2. The quantitative estimate of drug-likeness (QED) is 0.436. The summed E-state index contributed by atoms with van der Waals surface area (Å²) in [7, 11) is 0. The Bertz CT molecular complexity index is 910. The van der Waals surface area contributed by atoms with E-state index in [4.69, 9.17) is 0 Å². The molecule has 1 amide bonds. The molecule has 1 aromatic heterocycles. The number of nitrogens with zero attached hydrogens (tertiary/aromatic N) is 1. The number of aliphatic hydroxyl groups excluding tert-OH is 1. The number of aryl methyl sites for hydroxylation is 1. The first-order chi connectivity index (χ1) is 13.6. The molecular weight excluding hydrogens is 436 g/mol. The van der Waals surface area contributed by atoms with Crippen molar-refractivity contribution >= 4 is 38.3 Å². The number of thiazole rings is 1. The third-order valence-corrected chi connectivity index (χ3v) is 5.93. The van der Waals surface area contributed by atoms with Crippen LogP contribution < -0.4 is 5.32 Å². The number of benzene rings is 2. The Morgan fingerprint density at radius 2 is 1.89 bits per heavy atom. The topological polar surface area (TPSA) is 62.2 Å². The number of rotatable bonds is 8. The summed E-state index contributed by atoms with van der Waals surface area (Å²) < 4.78 is 1.02. The number of carbonyl (C=O) groups is 1. The number of aliphatic hydroxyl groups is 1. The molecule has 0 unspecified atom stereocenters. The molecule has 2 N–H and O–H groups in total. The molecule has 0 saturated heterocycles. The van der Waals surface area contributed by atoms with Gasteiger partial charge in [0.2, 0.25) is 5.91 Å². The Labute approximate surface area is 177 Å². The third kappa shape index (κ3) is 5.50. The highest BCUT2D eigenvalue weighted by molar-refractivity contribution is 9.10. The lowest BCUT2D eigenvalue weighted by Crippen LogP contribution is -2.12. The molecule has 1 atom stereocenters. The van der Waals surface area contributed by atoms with Crippen LogP contribution in [-0.4, -0.2) is 16.0 Å². The van der Waals surface area contributed by atoms with E-state index in [2.05, 4.69) is 33.2 Å². The number of hydrogen-bond acceptors (Lipinski definition) is 4. The lowest BCUT2D eigenvalue weighted by Gasteiger charge is -2.10. The largest absolute Gasteiger partial charge is 0.388 e. The molecule has 3 rings (SSSR count). The summed E-state index contributed by atoms with van der Waals surface area (Å²) >= 11 is 4.98. The summed E-state index contributed by atoms with van der Waals surface area (Å²) in [5.74, 6) is -0.130. The van der Waals surface area contributed by atoms with Crippen LogP contribution in [0.25, 0.3) is 11.3 Å². The van der Waals surface area contributed by atoms with E-state index in [0.29, 0.717) is 11.6 Å². The molecule has 28 heavy (non-hydrogen) atoms. The number of amides is 1. The molecule has 0 radical (unpaired) electrons. The van der Waals surface area contributed by atoms with Crippen molar-refractivity contribution in [1.29, 1.82) is 0 Å². The Balaban J connectivity index is 1.65. The Morgan fingerprint density at radius 3 is 2.57 bits per heavy atom. The van der Waals surface area contributed by atoms with Gasteiger partial charge in [-0.2, -0.15) is 0 Å². The van der Waals surface area contributed by atoms with Crippen LogP contribution in [0.1, 0.15) is 42.7 Å². The number of aromatic nitrogens is 1. The number of anilines is 1. The zero-order valence-corrected chi connectivity index (χ0v) is 18.1. The average molecular weight is 459 g/mol. The van der Waals surface area contributed by atoms with Gasteiger partial charge in [-0.3, -0.25) is 4.79 Å². The van der Waals surface area contributed by atoms with Crippen LogP contribution in [0.3, 0.4) is 0 Å². The van der Waals surface area contributed by atoms with Gasteiger partial charge in [-0.1, -0.05) is 71.7 Å². The van der Waals surface area contributed by atoms with E-state index < -0.39 is 6.10 Å². The smallest absolute Gasteiger partial charge is 0.226 e. The van der Waals surface area contributed by atoms with E-state index in [-0.39, 0.29) is 12.3 Å². The van der Waals surface area contributed by atoms with Gasteiger partial charge in [0.15, 0.2) is 5.13 Å². The highest BCUT2D eigenvalue weighted by atomic mass is 79.9. The highest BCUT2D eigenvalue weighted by Gasteiger charge is 2.16. The van der Waals surface area contributed by atoms with Crippen LogP contribution in [0, 0.1) is 0 Å². The van der Waals surface area contributed by atoms with Crippen LogP contribution in [0.4, 0.5) is 5.13 Å². The van der Waals surface area contributed by atoms with Crippen molar-refractivity contribution in [2.75, 3.05) is 5.32 Å². The minimum absolute atomic E-state index is 0.130. The number of halogens is 1. The van der Waals surface area contributed by atoms with Gasteiger partial charge in [-0.05, 0) is 30.5 Å². The standard InChI is InChI=1S/C22H23BrN2O2S/c1-2-6-19-21(16-9-11-17(23)12-10-16)25-22(28-19)24-20(27)14-13-18(26)15-7-4-3-5-8-15/h3-5,7-12,18,26H,2,6,13-14H2,1H3,(H,24,25,27)/t18-/m0/s1. The average Bonchev–Trinajstić information content (AvgIpc) is 3.10. The number of hydrogen-bond donors (Lipinski definition) is 2. The van der Waals surface area contributed by atoms with Crippen molar-refractivity contribution in [3.05, 3.63) is 69.5 Å². The molecule has 6 heteroatoms. The zero-order chi connectivity index (χ0) is 19.9. The minimum Gasteiger partial charge on any atom is -0.388 e. The molecule has 0 spiro atoms. The van der Waals surface area contributed by atoms with Crippen molar-refractivity contribution in [2.45, 2.75) is 38.7 Å². The van der Waals surface area contributed by atoms with Gasteiger partial charge in [0.1, 0.15) is 0 Å². The summed E-state index contributed by atoms with van der Waals surface area (Å²) in [6.07, 6.45) is 1.92. The zero-order valence-electron chi connectivity index (χ0n) is 15.7. The Kier molecular flexibility index (Phi) is 7.36. The normalized spacial score (nSPS) is 12.0.